The van der Waals surface area contributed by atoms with Gasteiger partial charge in [0.2, 0.25) is 5.91 Å². The van der Waals surface area contributed by atoms with Gasteiger partial charge in [0, 0.05) is 26.1 Å². The number of para-hydroxylation sites is 4. The molecule has 7 heteroatoms. The second kappa shape index (κ2) is 7.24. The summed E-state index contributed by atoms with van der Waals surface area (Å²) in [7, 11) is 1.98. The summed E-state index contributed by atoms with van der Waals surface area (Å²) in [5, 5.41) is 3.07. The summed E-state index contributed by atoms with van der Waals surface area (Å²) in [6.45, 7) is 1.96. The van der Waals surface area contributed by atoms with E-state index in [-0.39, 0.29) is 11.8 Å². The number of amides is 1. The summed E-state index contributed by atoms with van der Waals surface area (Å²) in [6.07, 6.45) is 1.57. The van der Waals surface area contributed by atoms with E-state index in [4.69, 9.17) is 4.42 Å². The summed E-state index contributed by atoms with van der Waals surface area (Å²) in [5.74, 6) is 0.961. The van der Waals surface area contributed by atoms with Gasteiger partial charge in [-0.05, 0) is 37.1 Å². The highest BCUT2D eigenvalue weighted by Gasteiger charge is 2.27. The van der Waals surface area contributed by atoms with Crippen LogP contribution in [0.3, 0.4) is 0 Å². The average molecular weight is 389 g/mol. The molecule has 4 aromatic rings. The molecule has 1 aliphatic heterocycles. The highest BCUT2D eigenvalue weighted by Crippen LogP contribution is 2.26. The maximum atomic E-state index is 12.7. The number of oxazole rings is 1. The van der Waals surface area contributed by atoms with Gasteiger partial charge >= 0.3 is 0 Å². The summed E-state index contributed by atoms with van der Waals surface area (Å²) in [5.41, 5.74) is 3.68. The van der Waals surface area contributed by atoms with Crippen molar-refractivity contribution in [2.45, 2.75) is 19.4 Å². The number of aryl methyl sites for hydroxylation is 1. The highest BCUT2D eigenvalue weighted by molar-refractivity contribution is 5.79. The fourth-order valence-electron chi connectivity index (χ4n) is 3.99. The van der Waals surface area contributed by atoms with Crippen molar-refractivity contribution in [3.63, 3.8) is 0 Å². The Kier molecular flexibility index (Phi) is 4.42. The lowest BCUT2D eigenvalue weighted by Crippen LogP contribution is -2.40. The molecule has 1 N–H and O–H groups in total. The van der Waals surface area contributed by atoms with Crippen molar-refractivity contribution >= 4 is 34.1 Å². The molecule has 7 nitrogen and oxygen atoms in total. The lowest BCUT2D eigenvalue weighted by Gasteiger charge is -2.30. The maximum absolute atomic E-state index is 12.7. The van der Waals surface area contributed by atoms with Gasteiger partial charge in [-0.2, -0.15) is 4.98 Å². The van der Waals surface area contributed by atoms with Crippen LogP contribution in [0.25, 0.3) is 22.1 Å². The normalized spacial score (nSPS) is 15.3. The number of rotatable bonds is 4. The number of aromatic nitrogens is 3. The van der Waals surface area contributed by atoms with Crippen LogP contribution < -0.4 is 10.2 Å². The first-order chi connectivity index (χ1) is 14.2. The first kappa shape index (κ1) is 17.7. The first-order valence-electron chi connectivity index (χ1n) is 9.97. The Balaban J connectivity index is 1.19. The minimum atomic E-state index is 0.00492. The Morgan fingerprint density at radius 1 is 1.07 bits per heavy atom. The Morgan fingerprint density at radius 2 is 1.79 bits per heavy atom. The van der Waals surface area contributed by atoms with Crippen LogP contribution in [-0.4, -0.2) is 33.5 Å². The van der Waals surface area contributed by atoms with Crippen LogP contribution in [0, 0.1) is 5.92 Å². The van der Waals surface area contributed by atoms with E-state index >= 15 is 0 Å². The van der Waals surface area contributed by atoms with E-state index in [9.17, 15) is 4.79 Å². The van der Waals surface area contributed by atoms with Gasteiger partial charge in [0.1, 0.15) is 11.3 Å². The number of imidazole rings is 1. The van der Waals surface area contributed by atoms with Gasteiger partial charge in [-0.1, -0.05) is 24.3 Å². The number of carbonyl (C=O) groups is 1. The van der Waals surface area contributed by atoms with Crippen molar-refractivity contribution in [2.24, 2.45) is 13.0 Å². The van der Waals surface area contributed by atoms with Crippen molar-refractivity contribution in [1.29, 1.82) is 0 Å². The van der Waals surface area contributed by atoms with Gasteiger partial charge in [0.05, 0.1) is 17.6 Å². The molecule has 1 saturated heterocycles. The van der Waals surface area contributed by atoms with Gasteiger partial charge < -0.3 is 19.2 Å². The second-order valence-electron chi connectivity index (χ2n) is 7.52. The average Bonchev–Trinajstić information content (AvgIpc) is 3.34. The highest BCUT2D eigenvalue weighted by atomic mass is 16.4. The molecule has 1 aliphatic rings. The van der Waals surface area contributed by atoms with Crippen LogP contribution >= 0.6 is 0 Å². The minimum absolute atomic E-state index is 0.00492. The largest absolute Gasteiger partial charge is 0.423 e. The maximum Gasteiger partial charge on any atom is 0.298 e. The number of fused-ring (bicyclic) bond motifs is 2. The van der Waals surface area contributed by atoms with E-state index in [1.165, 1.54) is 0 Å². The number of nitrogens with zero attached hydrogens (tertiary/aromatic N) is 4. The van der Waals surface area contributed by atoms with Crippen molar-refractivity contribution < 1.29 is 9.21 Å². The minimum Gasteiger partial charge on any atom is -0.423 e. The molecule has 2 aromatic carbocycles. The van der Waals surface area contributed by atoms with E-state index in [0.717, 1.165) is 53.9 Å². The van der Waals surface area contributed by atoms with Crippen LogP contribution in [0.4, 0.5) is 6.01 Å². The molecule has 0 saturated carbocycles. The fourth-order valence-corrected chi connectivity index (χ4v) is 3.99. The van der Waals surface area contributed by atoms with E-state index in [2.05, 4.69) is 20.2 Å². The van der Waals surface area contributed by atoms with Crippen LogP contribution in [0.2, 0.25) is 0 Å². The number of hydrogen-bond acceptors (Lipinski definition) is 5. The Hall–Kier alpha value is -3.35. The first-order valence-corrected chi connectivity index (χ1v) is 9.97. The number of piperidine rings is 1. The SMILES string of the molecule is Cn1c(CNC(=O)C2CCN(c3nc4ccccc4o3)CC2)nc2ccccc21. The zero-order valence-electron chi connectivity index (χ0n) is 16.3. The predicted octanol–water partition coefficient (Wildman–Crippen LogP) is 3.25. The molecule has 29 heavy (non-hydrogen) atoms. The van der Waals surface area contributed by atoms with Crippen LogP contribution in [0.5, 0.6) is 0 Å². The number of carbonyl (C=O) groups excluding carboxylic acids is 1. The van der Waals surface area contributed by atoms with Crippen molar-refractivity contribution in [2.75, 3.05) is 18.0 Å². The summed E-state index contributed by atoms with van der Waals surface area (Å²) in [6, 6.07) is 16.4. The number of anilines is 1. The predicted molar refractivity (Wildman–Crippen MR) is 112 cm³/mol. The molecule has 1 fully saturated rings. The zero-order valence-corrected chi connectivity index (χ0v) is 16.3. The summed E-state index contributed by atoms with van der Waals surface area (Å²) in [4.78, 5) is 24.0. The monoisotopic (exact) mass is 389 g/mol. The van der Waals surface area contributed by atoms with Crippen molar-refractivity contribution in [1.82, 2.24) is 19.9 Å². The smallest absolute Gasteiger partial charge is 0.298 e. The molecule has 5 rings (SSSR count). The number of benzene rings is 2. The third-order valence-corrected chi connectivity index (χ3v) is 5.72. The molecule has 2 aromatic heterocycles. The van der Waals surface area contributed by atoms with E-state index in [1.807, 2.05) is 60.1 Å². The molecule has 3 heterocycles. The van der Waals surface area contributed by atoms with Crippen LogP contribution in [-0.2, 0) is 18.4 Å². The standard InChI is InChI=1S/C22H23N5O2/c1-26-18-8-4-2-6-16(18)24-20(26)14-23-21(28)15-10-12-27(13-11-15)22-25-17-7-3-5-9-19(17)29-22/h2-9,15H,10-14H2,1H3,(H,23,28). The molecule has 0 spiro atoms. The van der Waals surface area contributed by atoms with Gasteiger partial charge in [-0.3, -0.25) is 4.79 Å². The molecule has 1 amide bonds. The van der Waals surface area contributed by atoms with E-state index in [1.54, 1.807) is 0 Å². The van der Waals surface area contributed by atoms with Gasteiger partial charge in [0.15, 0.2) is 5.58 Å². The zero-order chi connectivity index (χ0) is 19.8. The lowest BCUT2D eigenvalue weighted by atomic mass is 9.96. The molecule has 0 unspecified atom stereocenters. The molecular formula is C22H23N5O2. The fraction of sp³-hybridized carbons (Fsp3) is 0.318. The van der Waals surface area contributed by atoms with Crippen LogP contribution in [0.1, 0.15) is 18.7 Å². The Labute approximate surface area is 168 Å². The molecule has 0 radical (unpaired) electrons. The third-order valence-electron chi connectivity index (χ3n) is 5.72. The van der Waals surface area contributed by atoms with E-state index in [0.29, 0.717) is 12.6 Å². The number of nitrogens with one attached hydrogen (secondary N) is 1. The van der Waals surface area contributed by atoms with E-state index < -0.39 is 0 Å². The molecule has 0 aliphatic carbocycles. The Bertz CT molecular complexity index is 1140. The van der Waals surface area contributed by atoms with Gasteiger partial charge in [-0.25, -0.2) is 4.98 Å². The molecule has 0 atom stereocenters. The molecule has 148 valence electrons. The molecule has 0 bridgehead atoms. The second-order valence-corrected chi connectivity index (χ2v) is 7.52. The summed E-state index contributed by atoms with van der Waals surface area (Å²) >= 11 is 0. The van der Waals surface area contributed by atoms with Crippen LogP contribution in [0.15, 0.2) is 52.9 Å². The Morgan fingerprint density at radius 3 is 2.55 bits per heavy atom. The number of hydrogen-bond donors (Lipinski definition) is 1. The van der Waals surface area contributed by atoms with Crippen molar-refractivity contribution in [3.8, 4) is 0 Å². The topological polar surface area (TPSA) is 76.2 Å². The van der Waals surface area contributed by atoms with Gasteiger partial charge in [-0.15, -0.1) is 0 Å². The molecular weight excluding hydrogens is 366 g/mol. The van der Waals surface area contributed by atoms with Gasteiger partial charge in [0.25, 0.3) is 6.01 Å². The third kappa shape index (κ3) is 3.33. The lowest BCUT2D eigenvalue weighted by molar-refractivity contribution is -0.125. The van der Waals surface area contributed by atoms with Crippen molar-refractivity contribution in [3.05, 3.63) is 54.4 Å². The summed E-state index contributed by atoms with van der Waals surface area (Å²) < 4.78 is 7.89. The quantitative estimate of drug-likeness (QED) is 0.580.